The van der Waals surface area contributed by atoms with E-state index in [4.69, 9.17) is 0 Å². The summed E-state index contributed by atoms with van der Waals surface area (Å²) in [6.45, 7) is 3.94. The van der Waals surface area contributed by atoms with Gasteiger partial charge >= 0.3 is 5.97 Å². The first kappa shape index (κ1) is 18.7. The molecule has 1 unspecified atom stereocenters. The first-order valence-corrected chi connectivity index (χ1v) is 8.94. The van der Waals surface area contributed by atoms with Crippen LogP contribution in [0.5, 0.6) is 0 Å². The summed E-state index contributed by atoms with van der Waals surface area (Å²) in [5, 5.41) is 2.76. The van der Waals surface area contributed by atoms with Crippen LogP contribution in [-0.4, -0.2) is 73.0 Å². The van der Waals surface area contributed by atoms with Gasteiger partial charge in [0.2, 0.25) is 11.8 Å². The molecular weight excluding hydrogens is 310 g/mol. The summed E-state index contributed by atoms with van der Waals surface area (Å²) < 4.78 is 4.68. The summed E-state index contributed by atoms with van der Waals surface area (Å²) in [5.41, 5.74) is 0. The highest BCUT2D eigenvalue weighted by atomic mass is 16.5. The number of hydrogen-bond donors (Lipinski definition) is 1. The van der Waals surface area contributed by atoms with Crippen molar-refractivity contribution in [1.82, 2.24) is 15.1 Å². The van der Waals surface area contributed by atoms with Crippen LogP contribution >= 0.6 is 0 Å². The maximum absolute atomic E-state index is 12.8. The summed E-state index contributed by atoms with van der Waals surface area (Å²) in [6.07, 6.45) is 5.69. The van der Waals surface area contributed by atoms with Crippen molar-refractivity contribution in [3.05, 3.63) is 0 Å². The molecule has 24 heavy (non-hydrogen) atoms. The van der Waals surface area contributed by atoms with Crippen LogP contribution < -0.4 is 5.32 Å². The maximum Gasteiger partial charge on any atom is 0.307 e. The number of methoxy groups -OCH3 is 1. The highest BCUT2D eigenvalue weighted by Crippen LogP contribution is 2.23. The normalized spacial score (nSPS) is 22.8. The molecule has 1 aliphatic heterocycles. The Morgan fingerprint density at radius 2 is 2.00 bits per heavy atom. The van der Waals surface area contributed by atoms with Crippen molar-refractivity contribution in [2.24, 2.45) is 0 Å². The predicted molar refractivity (Wildman–Crippen MR) is 89.3 cm³/mol. The smallest absolute Gasteiger partial charge is 0.307 e. The number of nitrogens with one attached hydrogen (secondary N) is 1. The molecule has 2 rings (SSSR count). The Balaban J connectivity index is 2.00. The van der Waals surface area contributed by atoms with Gasteiger partial charge in [-0.3, -0.25) is 19.3 Å². The lowest BCUT2D eigenvalue weighted by Crippen LogP contribution is -2.58. The molecule has 0 aromatic rings. The minimum Gasteiger partial charge on any atom is -0.469 e. The lowest BCUT2D eigenvalue weighted by Gasteiger charge is -2.38. The number of ether oxygens (including phenoxy) is 1. The molecule has 2 aliphatic rings. The van der Waals surface area contributed by atoms with E-state index in [1.165, 1.54) is 26.4 Å². The van der Waals surface area contributed by atoms with E-state index in [0.717, 1.165) is 12.8 Å². The Kier molecular flexibility index (Phi) is 7.02. The minimum atomic E-state index is -0.625. The van der Waals surface area contributed by atoms with Crippen LogP contribution in [0.1, 0.15) is 45.4 Å². The topological polar surface area (TPSA) is 79.0 Å². The van der Waals surface area contributed by atoms with Crippen LogP contribution in [0.25, 0.3) is 0 Å². The standard InChI is InChI=1S/C17H29N3O4/c1-3-20(13-7-5-4-6-8-13)15(21)12-19-10-9-18-17(23)14(19)11-16(22)24-2/h13-14H,3-12H2,1-2H3,(H,18,23). The number of esters is 1. The number of amides is 2. The van der Waals surface area contributed by atoms with E-state index in [9.17, 15) is 14.4 Å². The zero-order valence-electron chi connectivity index (χ0n) is 14.8. The van der Waals surface area contributed by atoms with Crippen molar-refractivity contribution in [3.63, 3.8) is 0 Å². The average molecular weight is 339 g/mol. The van der Waals surface area contributed by atoms with Crippen molar-refractivity contribution in [2.75, 3.05) is 33.3 Å². The molecule has 7 heteroatoms. The van der Waals surface area contributed by atoms with E-state index in [-0.39, 0.29) is 24.8 Å². The van der Waals surface area contributed by atoms with Crippen LogP contribution in [0.15, 0.2) is 0 Å². The van der Waals surface area contributed by atoms with Crippen molar-refractivity contribution in [3.8, 4) is 0 Å². The summed E-state index contributed by atoms with van der Waals surface area (Å²) in [4.78, 5) is 40.2. The molecule has 0 aromatic carbocycles. The Morgan fingerprint density at radius 3 is 2.62 bits per heavy atom. The lowest BCUT2D eigenvalue weighted by atomic mass is 9.94. The largest absolute Gasteiger partial charge is 0.469 e. The Hall–Kier alpha value is -1.63. The molecule has 0 radical (unpaired) electrons. The third-order valence-corrected chi connectivity index (χ3v) is 5.04. The van der Waals surface area contributed by atoms with E-state index >= 15 is 0 Å². The fraction of sp³-hybridized carbons (Fsp3) is 0.824. The fourth-order valence-electron chi connectivity index (χ4n) is 3.71. The first-order chi connectivity index (χ1) is 11.6. The zero-order valence-corrected chi connectivity index (χ0v) is 14.8. The van der Waals surface area contributed by atoms with Crippen molar-refractivity contribution >= 4 is 17.8 Å². The van der Waals surface area contributed by atoms with E-state index in [1.54, 1.807) is 0 Å². The summed E-state index contributed by atoms with van der Waals surface area (Å²) in [6, 6.07) is -0.311. The highest BCUT2D eigenvalue weighted by molar-refractivity contribution is 5.88. The second-order valence-corrected chi connectivity index (χ2v) is 6.53. The number of nitrogens with zero attached hydrogens (tertiary/aromatic N) is 2. The number of carbonyl (C=O) groups excluding carboxylic acids is 3. The molecule has 1 atom stereocenters. The predicted octanol–water partition coefficient (Wildman–Crippen LogP) is 0.531. The Morgan fingerprint density at radius 1 is 1.29 bits per heavy atom. The van der Waals surface area contributed by atoms with E-state index in [0.29, 0.717) is 25.7 Å². The van der Waals surface area contributed by atoms with E-state index < -0.39 is 12.0 Å². The van der Waals surface area contributed by atoms with Crippen molar-refractivity contribution < 1.29 is 19.1 Å². The van der Waals surface area contributed by atoms with Crippen LogP contribution in [0.3, 0.4) is 0 Å². The molecule has 0 aromatic heterocycles. The van der Waals surface area contributed by atoms with Gasteiger partial charge in [-0.25, -0.2) is 0 Å². The monoisotopic (exact) mass is 339 g/mol. The first-order valence-electron chi connectivity index (χ1n) is 8.94. The Bertz CT molecular complexity index is 463. The SMILES string of the molecule is CCN(C(=O)CN1CCNC(=O)C1CC(=O)OC)C1CCCCC1. The molecule has 1 saturated heterocycles. The van der Waals surface area contributed by atoms with Gasteiger partial charge in [-0.1, -0.05) is 19.3 Å². The van der Waals surface area contributed by atoms with Gasteiger partial charge in [-0.05, 0) is 19.8 Å². The van der Waals surface area contributed by atoms with E-state index in [2.05, 4.69) is 10.1 Å². The maximum atomic E-state index is 12.8. The summed E-state index contributed by atoms with van der Waals surface area (Å²) in [5.74, 6) is -0.594. The molecule has 1 heterocycles. The number of rotatable bonds is 6. The van der Waals surface area contributed by atoms with Crippen molar-refractivity contribution in [2.45, 2.75) is 57.5 Å². The zero-order chi connectivity index (χ0) is 17.5. The van der Waals surface area contributed by atoms with Gasteiger partial charge in [-0.2, -0.15) is 0 Å². The fourth-order valence-corrected chi connectivity index (χ4v) is 3.71. The molecule has 136 valence electrons. The van der Waals surface area contributed by atoms with Gasteiger partial charge in [0.25, 0.3) is 0 Å². The number of hydrogen-bond acceptors (Lipinski definition) is 5. The molecule has 2 amide bonds. The van der Waals surface area contributed by atoms with Crippen molar-refractivity contribution in [1.29, 1.82) is 0 Å². The summed E-state index contributed by atoms with van der Waals surface area (Å²) >= 11 is 0. The van der Waals surface area contributed by atoms with Gasteiger partial charge in [0, 0.05) is 25.7 Å². The molecule has 2 fully saturated rings. The Labute approximate surface area is 143 Å². The van der Waals surface area contributed by atoms with Gasteiger partial charge in [0.1, 0.15) is 6.04 Å². The highest BCUT2D eigenvalue weighted by Gasteiger charge is 2.34. The molecule has 7 nitrogen and oxygen atoms in total. The van der Waals surface area contributed by atoms with Crippen LogP contribution in [0.4, 0.5) is 0 Å². The second kappa shape index (κ2) is 9.01. The van der Waals surface area contributed by atoms with Gasteiger partial charge in [0.05, 0.1) is 20.1 Å². The molecule has 0 spiro atoms. The third-order valence-electron chi connectivity index (χ3n) is 5.04. The second-order valence-electron chi connectivity index (χ2n) is 6.53. The number of piperazine rings is 1. The van der Waals surface area contributed by atoms with E-state index in [1.807, 2.05) is 16.7 Å². The lowest BCUT2D eigenvalue weighted by molar-refractivity contribution is -0.148. The number of carbonyl (C=O) groups is 3. The number of likely N-dealkylation sites (N-methyl/N-ethyl adjacent to an activating group) is 1. The molecular formula is C17H29N3O4. The molecule has 1 saturated carbocycles. The average Bonchev–Trinajstić information content (AvgIpc) is 2.59. The molecule has 1 aliphatic carbocycles. The summed E-state index contributed by atoms with van der Waals surface area (Å²) in [7, 11) is 1.31. The van der Waals surface area contributed by atoms with Crippen LogP contribution in [0.2, 0.25) is 0 Å². The van der Waals surface area contributed by atoms with Gasteiger partial charge in [0.15, 0.2) is 0 Å². The molecule has 1 N–H and O–H groups in total. The molecule has 0 bridgehead atoms. The van der Waals surface area contributed by atoms with Gasteiger partial charge < -0.3 is 15.0 Å². The minimum absolute atomic E-state index is 0.0227. The van der Waals surface area contributed by atoms with Gasteiger partial charge in [-0.15, -0.1) is 0 Å². The van der Waals surface area contributed by atoms with Crippen LogP contribution in [0, 0.1) is 0 Å². The van der Waals surface area contributed by atoms with Crippen LogP contribution in [-0.2, 0) is 19.1 Å². The third kappa shape index (κ3) is 4.69. The quantitative estimate of drug-likeness (QED) is 0.714.